The van der Waals surface area contributed by atoms with Crippen LogP contribution in [0.4, 0.5) is 5.69 Å². The molecule has 4 heteroatoms. The van der Waals surface area contributed by atoms with Gasteiger partial charge in [-0.3, -0.25) is 0 Å². The van der Waals surface area contributed by atoms with Crippen molar-refractivity contribution in [2.24, 2.45) is 0 Å². The number of hydrogen-bond acceptors (Lipinski definition) is 4. The summed E-state index contributed by atoms with van der Waals surface area (Å²) >= 11 is 0. The van der Waals surface area contributed by atoms with Crippen LogP contribution in [0.15, 0.2) is 28.8 Å². The largest absolute Gasteiger partial charge is 0.382 e. The zero-order valence-electron chi connectivity index (χ0n) is 11.2. The average Bonchev–Trinajstić information content (AvgIpc) is 2.87. The highest BCUT2D eigenvalue weighted by Gasteiger charge is 2.16. The molecule has 100 valence electrons. The first kappa shape index (κ1) is 12.2. The van der Waals surface area contributed by atoms with E-state index in [1.165, 1.54) is 32.1 Å². The summed E-state index contributed by atoms with van der Waals surface area (Å²) < 4.78 is 5.28. The molecule has 0 aliphatic heterocycles. The highest BCUT2D eigenvalue weighted by molar-refractivity contribution is 5.72. The monoisotopic (exact) mass is 257 g/mol. The van der Waals surface area contributed by atoms with Gasteiger partial charge < -0.3 is 9.84 Å². The molecule has 1 heterocycles. The van der Waals surface area contributed by atoms with E-state index >= 15 is 0 Å². The molecule has 0 unspecified atom stereocenters. The lowest BCUT2D eigenvalue weighted by molar-refractivity contribution is 0.425. The van der Waals surface area contributed by atoms with Gasteiger partial charge in [0.1, 0.15) is 0 Å². The summed E-state index contributed by atoms with van der Waals surface area (Å²) in [6.45, 7) is 1.84. The van der Waals surface area contributed by atoms with Crippen molar-refractivity contribution in [1.29, 1.82) is 0 Å². The number of nitrogens with one attached hydrogen (secondary N) is 1. The summed E-state index contributed by atoms with van der Waals surface area (Å²) in [7, 11) is 0. The van der Waals surface area contributed by atoms with Gasteiger partial charge in [-0.25, -0.2) is 0 Å². The molecule has 1 fully saturated rings. The second kappa shape index (κ2) is 5.43. The van der Waals surface area contributed by atoms with Gasteiger partial charge in [-0.05, 0) is 31.9 Å². The molecular weight excluding hydrogens is 238 g/mol. The Bertz CT molecular complexity index is 544. The van der Waals surface area contributed by atoms with E-state index in [0.717, 1.165) is 11.3 Å². The minimum Gasteiger partial charge on any atom is -0.382 e. The van der Waals surface area contributed by atoms with Crippen LogP contribution in [-0.4, -0.2) is 16.2 Å². The summed E-state index contributed by atoms with van der Waals surface area (Å²) in [6.07, 6.45) is 6.50. The van der Waals surface area contributed by atoms with Crippen molar-refractivity contribution in [3.05, 3.63) is 30.1 Å². The maximum atomic E-state index is 5.28. The van der Waals surface area contributed by atoms with Gasteiger partial charge in [-0.2, -0.15) is 4.98 Å². The fraction of sp³-hybridized carbons (Fsp3) is 0.467. The second-order valence-corrected chi connectivity index (χ2v) is 5.17. The van der Waals surface area contributed by atoms with Gasteiger partial charge in [0, 0.05) is 11.7 Å². The number of rotatable bonds is 3. The topological polar surface area (TPSA) is 51.0 Å². The molecule has 0 atom stereocenters. The van der Waals surface area contributed by atoms with Crippen molar-refractivity contribution in [2.75, 3.05) is 5.32 Å². The lowest BCUT2D eigenvalue weighted by atomic mass is 9.95. The summed E-state index contributed by atoms with van der Waals surface area (Å²) in [6, 6.07) is 8.72. The lowest BCUT2D eigenvalue weighted by Crippen LogP contribution is -2.22. The molecule has 1 N–H and O–H groups in total. The highest BCUT2D eigenvalue weighted by Crippen LogP contribution is 2.29. The number of anilines is 1. The molecule has 0 bridgehead atoms. The SMILES string of the molecule is Cc1noc(-c2ccccc2NC2CCCCC2)n1. The van der Waals surface area contributed by atoms with E-state index in [1.54, 1.807) is 0 Å². The Balaban J connectivity index is 1.84. The maximum absolute atomic E-state index is 5.28. The first-order chi connectivity index (χ1) is 9.33. The number of para-hydroxylation sites is 1. The molecule has 0 radical (unpaired) electrons. The Kier molecular flexibility index (Phi) is 3.49. The fourth-order valence-electron chi connectivity index (χ4n) is 2.67. The number of benzene rings is 1. The first-order valence-electron chi connectivity index (χ1n) is 6.99. The molecule has 4 nitrogen and oxygen atoms in total. The van der Waals surface area contributed by atoms with Crippen molar-refractivity contribution in [3.8, 4) is 11.5 Å². The Hall–Kier alpha value is -1.84. The van der Waals surface area contributed by atoms with Crippen molar-refractivity contribution >= 4 is 5.69 Å². The average molecular weight is 257 g/mol. The fourth-order valence-corrected chi connectivity index (χ4v) is 2.67. The van der Waals surface area contributed by atoms with Crippen LogP contribution in [0.25, 0.3) is 11.5 Å². The van der Waals surface area contributed by atoms with Crippen LogP contribution in [0.2, 0.25) is 0 Å². The van der Waals surface area contributed by atoms with Crippen LogP contribution in [0.3, 0.4) is 0 Å². The van der Waals surface area contributed by atoms with Crippen LogP contribution >= 0.6 is 0 Å². The van der Waals surface area contributed by atoms with Gasteiger partial charge in [-0.1, -0.05) is 36.6 Å². The van der Waals surface area contributed by atoms with Gasteiger partial charge in [0.15, 0.2) is 5.82 Å². The number of nitrogens with zero attached hydrogens (tertiary/aromatic N) is 2. The van der Waals surface area contributed by atoms with E-state index in [-0.39, 0.29) is 0 Å². The van der Waals surface area contributed by atoms with Gasteiger partial charge >= 0.3 is 0 Å². The van der Waals surface area contributed by atoms with E-state index in [9.17, 15) is 0 Å². The van der Waals surface area contributed by atoms with Crippen LogP contribution in [0, 0.1) is 6.92 Å². The van der Waals surface area contributed by atoms with Crippen LogP contribution in [0.5, 0.6) is 0 Å². The summed E-state index contributed by atoms with van der Waals surface area (Å²) in [4.78, 5) is 4.32. The third-order valence-electron chi connectivity index (χ3n) is 3.65. The van der Waals surface area contributed by atoms with E-state index in [1.807, 2.05) is 25.1 Å². The lowest BCUT2D eigenvalue weighted by Gasteiger charge is -2.24. The van der Waals surface area contributed by atoms with Crippen molar-refractivity contribution < 1.29 is 4.52 Å². The third kappa shape index (κ3) is 2.78. The van der Waals surface area contributed by atoms with Crippen molar-refractivity contribution in [1.82, 2.24) is 10.1 Å². The molecule has 3 rings (SSSR count). The Morgan fingerprint density at radius 3 is 2.68 bits per heavy atom. The normalized spacial score (nSPS) is 16.5. The van der Waals surface area contributed by atoms with Crippen LogP contribution in [0.1, 0.15) is 37.9 Å². The minimum atomic E-state index is 0.568. The first-order valence-corrected chi connectivity index (χ1v) is 6.99. The third-order valence-corrected chi connectivity index (χ3v) is 3.65. The minimum absolute atomic E-state index is 0.568. The molecule has 1 aromatic heterocycles. The molecule has 1 aromatic carbocycles. The summed E-state index contributed by atoms with van der Waals surface area (Å²) in [5, 5.41) is 7.50. The van der Waals surface area contributed by atoms with Crippen LogP contribution in [-0.2, 0) is 0 Å². The summed E-state index contributed by atoms with van der Waals surface area (Å²) in [5.41, 5.74) is 2.09. The Morgan fingerprint density at radius 2 is 1.95 bits per heavy atom. The highest BCUT2D eigenvalue weighted by atomic mass is 16.5. The van der Waals surface area contributed by atoms with E-state index in [0.29, 0.717) is 17.8 Å². The number of aromatic nitrogens is 2. The van der Waals surface area contributed by atoms with Gasteiger partial charge in [0.2, 0.25) is 0 Å². The molecule has 1 aliphatic rings. The molecule has 0 amide bonds. The Morgan fingerprint density at radius 1 is 1.16 bits per heavy atom. The van der Waals surface area contributed by atoms with E-state index in [4.69, 9.17) is 4.52 Å². The van der Waals surface area contributed by atoms with Crippen LogP contribution < -0.4 is 5.32 Å². The smallest absolute Gasteiger partial charge is 0.260 e. The quantitative estimate of drug-likeness (QED) is 0.908. The predicted molar refractivity (Wildman–Crippen MR) is 75.0 cm³/mol. The predicted octanol–water partition coefficient (Wildman–Crippen LogP) is 3.79. The molecule has 1 saturated carbocycles. The molecule has 19 heavy (non-hydrogen) atoms. The van der Waals surface area contributed by atoms with Gasteiger partial charge in [-0.15, -0.1) is 0 Å². The Labute approximate surface area is 113 Å². The van der Waals surface area contributed by atoms with Gasteiger partial charge in [0.25, 0.3) is 5.89 Å². The zero-order chi connectivity index (χ0) is 13.1. The zero-order valence-corrected chi connectivity index (χ0v) is 11.2. The maximum Gasteiger partial charge on any atom is 0.260 e. The standard InChI is InChI=1S/C15H19N3O/c1-11-16-15(19-18-11)13-9-5-6-10-14(13)17-12-7-3-2-4-8-12/h5-6,9-10,12,17H,2-4,7-8H2,1H3. The van der Waals surface area contributed by atoms with Crippen molar-refractivity contribution in [3.63, 3.8) is 0 Å². The molecule has 0 spiro atoms. The second-order valence-electron chi connectivity index (χ2n) is 5.17. The van der Waals surface area contributed by atoms with E-state index in [2.05, 4.69) is 21.5 Å². The molecular formula is C15H19N3O. The number of aryl methyl sites for hydroxylation is 1. The molecule has 2 aromatic rings. The number of hydrogen-bond donors (Lipinski definition) is 1. The molecule has 0 saturated heterocycles. The van der Waals surface area contributed by atoms with E-state index < -0.39 is 0 Å². The molecule has 1 aliphatic carbocycles. The van der Waals surface area contributed by atoms with Crippen molar-refractivity contribution in [2.45, 2.75) is 45.1 Å². The van der Waals surface area contributed by atoms with Gasteiger partial charge in [0.05, 0.1) is 5.56 Å². The summed E-state index contributed by atoms with van der Waals surface area (Å²) in [5.74, 6) is 1.26.